The standard InChI is InChI=1S/C19H18N4O4S/c1-26-14-6-13(7-15(8-14)27-2)18(25)21-10-17(24)23-19-22-16(11-28-19)12-4-3-5-20-9-12/h3-9,11H,10H2,1-2H3,(H,21,25)(H,22,23,24). The Kier molecular flexibility index (Phi) is 6.18. The van der Waals surface area contributed by atoms with E-state index in [4.69, 9.17) is 9.47 Å². The summed E-state index contributed by atoms with van der Waals surface area (Å²) in [4.78, 5) is 32.8. The van der Waals surface area contributed by atoms with E-state index in [1.165, 1.54) is 25.6 Å². The average molecular weight is 398 g/mol. The van der Waals surface area contributed by atoms with Crippen LogP contribution in [0.4, 0.5) is 5.13 Å². The molecule has 0 atom stereocenters. The van der Waals surface area contributed by atoms with Crippen LogP contribution in [0.1, 0.15) is 10.4 Å². The van der Waals surface area contributed by atoms with E-state index in [-0.39, 0.29) is 12.5 Å². The van der Waals surface area contributed by atoms with E-state index < -0.39 is 5.91 Å². The van der Waals surface area contributed by atoms with Crippen molar-refractivity contribution in [3.63, 3.8) is 0 Å². The van der Waals surface area contributed by atoms with Crippen molar-refractivity contribution in [3.05, 3.63) is 53.7 Å². The normalized spacial score (nSPS) is 10.2. The third kappa shape index (κ3) is 4.83. The quantitative estimate of drug-likeness (QED) is 0.634. The van der Waals surface area contributed by atoms with Gasteiger partial charge in [-0.25, -0.2) is 4.98 Å². The molecule has 0 aliphatic carbocycles. The number of rotatable bonds is 7. The molecule has 0 unspecified atom stereocenters. The summed E-state index contributed by atoms with van der Waals surface area (Å²) in [6.07, 6.45) is 3.38. The van der Waals surface area contributed by atoms with Gasteiger partial charge in [-0.15, -0.1) is 11.3 Å². The van der Waals surface area contributed by atoms with Crippen LogP contribution in [0.5, 0.6) is 11.5 Å². The number of amides is 2. The van der Waals surface area contributed by atoms with Crippen molar-refractivity contribution in [1.29, 1.82) is 0 Å². The summed E-state index contributed by atoms with van der Waals surface area (Å²) in [5.41, 5.74) is 1.91. The second-order valence-electron chi connectivity index (χ2n) is 5.61. The van der Waals surface area contributed by atoms with Gasteiger partial charge in [0.25, 0.3) is 5.91 Å². The molecule has 144 valence electrons. The summed E-state index contributed by atoms with van der Waals surface area (Å²) in [5.74, 6) is 0.178. The van der Waals surface area contributed by atoms with Gasteiger partial charge >= 0.3 is 0 Å². The van der Waals surface area contributed by atoms with Crippen LogP contribution in [-0.4, -0.2) is 42.5 Å². The number of methoxy groups -OCH3 is 2. The summed E-state index contributed by atoms with van der Waals surface area (Å²) in [5, 5.41) is 7.51. The fourth-order valence-electron chi connectivity index (χ4n) is 2.34. The van der Waals surface area contributed by atoms with Crippen LogP contribution in [0.25, 0.3) is 11.3 Å². The third-order valence-corrected chi connectivity index (χ3v) is 4.49. The van der Waals surface area contributed by atoms with Crippen molar-refractivity contribution in [1.82, 2.24) is 15.3 Å². The van der Waals surface area contributed by atoms with E-state index in [1.807, 2.05) is 17.5 Å². The fraction of sp³-hybridized carbons (Fsp3) is 0.158. The molecule has 2 amide bonds. The average Bonchev–Trinajstić information content (AvgIpc) is 3.20. The van der Waals surface area contributed by atoms with Crippen molar-refractivity contribution in [3.8, 4) is 22.8 Å². The number of nitrogens with one attached hydrogen (secondary N) is 2. The fourth-order valence-corrected chi connectivity index (χ4v) is 3.08. The highest BCUT2D eigenvalue weighted by molar-refractivity contribution is 7.14. The van der Waals surface area contributed by atoms with Crippen molar-refractivity contribution >= 4 is 28.3 Å². The van der Waals surface area contributed by atoms with Gasteiger partial charge in [-0.2, -0.15) is 0 Å². The molecule has 2 N–H and O–H groups in total. The first kappa shape index (κ1) is 19.3. The number of hydrogen-bond donors (Lipinski definition) is 2. The van der Waals surface area contributed by atoms with Gasteiger partial charge in [-0.1, -0.05) is 0 Å². The van der Waals surface area contributed by atoms with E-state index in [9.17, 15) is 9.59 Å². The van der Waals surface area contributed by atoms with Gasteiger partial charge in [0.1, 0.15) is 11.5 Å². The second-order valence-corrected chi connectivity index (χ2v) is 6.47. The molecule has 3 aromatic rings. The first-order valence-electron chi connectivity index (χ1n) is 8.26. The number of benzene rings is 1. The summed E-state index contributed by atoms with van der Waals surface area (Å²) in [6.45, 7) is -0.194. The largest absolute Gasteiger partial charge is 0.497 e. The van der Waals surface area contributed by atoms with E-state index in [0.29, 0.717) is 22.2 Å². The number of nitrogens with zero attached hydrogens (tertiary/aromatic N) is 2. The SMILES string of the molecule is COc1cc(OC)cc(C(=O)NCC(=O)Nc2nc(-c3cccnc3)cs2)c1. The highest BCUT2D eigenvalue weighted by Gasteiger charge is 2.13. The maximum atomic E-state index is 12.3. The minimum Gasteiger partial charge on any atom is -0.497 e. The first-order valence-corrected chi connectivity index (χ1v) is 9.14. The smallest absolute Gasteiger partial charge is 0.251 e. The van der Waals surface area contributed by atoms with Crippen LogP contribution in [0.3, 0.4) is 0 Å². The van der Waals surface area contributed by atoms with Crippen LogP contribution in [0.2, 0.25) is 0 Å². The summed E-state index contributed by atoms with van der Waals surface area (Å²) in [6, 6.07) is 8.49. The predicted molar refractivity (Wildman–Crippen MR) is 106 cm³/mol. The van der Waals surface area contributed by atoms with E-state index in [1.54, 1.807) is 30.6 Å². The summed E-state index contributed by atoms with van der Waals surface area (Å²) in [7, 11) is 3.00. The van der Waals surface area contributed by atoms with Crippen molar-refractivity contribution < 1.29 is 19.1 Å². The van der Waals surface area contributed by atoms with Gasteiger partial charge in [0, 0.05) is 35.0 Å². The summed E-state index contributed by atoms with van der Waals surface area (Å²) >= 11 is 1.30. The molecule has 0 bridgehead atoms. The number of carbonyl (C=O) groups is 2. The molecule has 9 heteroatoms. The van der Waals surface area contributed by atoms with Crippen LogP contribution < -0.4 is 20.1 Å². The summed E-state index contributed by atoms with van der Waals surface area (Å²) < 4.78 is 10.3. The van der Waals surface area contributed by atoms with Gasteiger partial charge in [0.15, 0.2) is 5.13 Å². The maximum Gasteiger partial charge on any atom is 0.251 e. The zero-order valence-electron chi connectivity index (χ0n) is 15.3. The molecular weight excluding hydrogens is 380 g/mol. The second kappa shape index (κ2) is 8.96. The molecule has 0 saturated carbocycles. The van der Waals surface area contributed by atoms with Gasteiger partial charge in [-0.05, 0) is 24.3 Å². The van der Waals surface area contributed by atoms with E-state index >= 15 is 0 Å². The third-order valence-electron chi connectivity index (χ3n) is 3.73. The van der Waals surface area contributed by atoms with Gasteiger partial charge < -0.3 is 20.1 Å². The Morgan fingerprint density at radius 2 is 1.89 bits per heavy atom. The van der Waals surface area contributed by atoms with Crippen LogP contribution in [0.15, 0.2) is 48.1 Å². The number of thiazole rings is 1. The predicted octanol–water partition coefficient (Wildman–Crippen LogP) is 2.59. The number of carbonyl (C=O) groups excluding carboxylic acids is 2. The number of ether oxygens (including phenoxy) is 2. The molecule has 2 heterocycles. The van der Waals surface area contributed by atoms with Gasteiger partial charge in [-0.3, -0.25) is 14.6 Å². The first-order chi connectivity index (χ1) is 13.6. The Hall–Kier alpha value is -3.46. The number of aromatic nitrogens is 2. The Morgan fingerprint density at radius 1 is 1.14 bits per heavy atom. The maximum absolute atomic E-state index is 12.3. The van der Waals surface area contributed by atoms with Gasteiger partial charge in [0.2, 0.25) is 5.91 Å². The molecule has 0 spiro atoms. The van der Waals surface area contributed by atoms with E-state index in [0.717, 1.165) is 11.3 Å². The van der Waals surface area contributed by atoms with Crippen LogP contribution in [0, 0.1) is 0 Å². The Bertz CT molecular complexity index is 953. The Labute approximate surface area is 165 Å². The van der Waals surface area contributed by atoms with Crippen molar-refractivity contribution in [2.75, 3.05) is 26.1 Å². The highest BCUT2D eigenvalue weighted by Crippen LogP contribution is 2.24. The van der Waals surface area contributed by atoms with Crippen molar-refractivity contribution in [2.24, 2.45) is 0 Å². The molecule has 0 radical (unpaired) electrons. The zero-order valence-corrected chi connectivity index (χ0v) is 16.1. The molecule has 28 heavy (non-hydrogen) atoms. The zero-order chi connectivity index (χ0) is 19.9. The minimum atomic E-state index is -0.414. The van der Waals surface area contributed by atoms with Crippen molar-refractivity contribution in [2.45, 2.75) is 0 Å². The molecule has 0 aliphatic rings. The molecule has 8 nitrogen and oxygen atoms in total. The van der Waals surface area contributed by atoms with Crippen LogP contribution >= 0.6 is 11.3 Å². The minimum absolute atomic E-state index is 0.194. The topological polar surface area (TPSA) is 102 Å². The lowest BCUT2D eigenvalue weighted by atomic mass is 10.2. The van der Waals surface area contributed by atoms with Gasteiger partial charge in [0.05, 0.1) is 26.5 Å². The lowest BCUT2D eigenvalue weighted by Gasteiger charge is -2.09. The Morgan fingerprint density at radius 3 is 2.54 bits per heavy atom. The molecular formula is C19H18N4O4S. The molecule has 1 aromatic carbocycles. The molecule has 0 aliphatic heterocycles. The Balaban J connectivity index is 1.57. The molecule has 3 rings (SSSR count). The lowest BCUT2D eigenvalue weighted by Crippen LogP contribution is -2.32. The number of anilines is 1. The monoisotopic (exact) mass is 398 g/mol. The highest BCUT2D eigenvalue weighted by atomic mass is 32.1. The number of hydrogen-bond acceptors (Lipinski definition) is 7. The molecule has 0 saturated heterocycles. The lowest BCUT2D eigenvalue weighted by molar-refractivity contribution is -0.115. The van der Waals surface area contributed by atoms with Crippen LogP contribution in [-0.2, 0) is 4.79 Å². The number of pyridine rings is 1. The molecule has 2 aromatic heterocycles. The molecule has 0 fully saturated rings. The van der Waals surface area contributed by atoms with E-state index in [2.05, 4.69) is 20.6 Å².